The molecular weight excluding hydrogens is 528 g/mol. The standard InChI is InChI=1S/C39H62N2O2/c1-28(2)27-41(38(42)43-39(8,9)10)24-18-19-31(6)36(29(3)4)37(32(7)40-11)35(34-22-14-12-13-15-23-34)26-30(5)25-33-20-16-17-21-33/h22,25-26,28,33H,3,6,12-21,23-24,27H2,1-2,4-5,7-11H3/b30-25-,35-26-,37-36-,40-32?. The molecule has 0 spiro atoms. The minimum absolute atomic E-state index is 0.243. The number of ether oxygens (including phenoxy) is 1. The van der Waals surface area contributed by atoms with E-state index in [2.05, 4.69) is 66.0 Å². The average Bonchev–Trinajstić information content (AvgIpc) is 3.26. The van der Waals surface area contributed by atoms with Crippen molar-refractivity contribution in [2.24, 2.45) is 16.8 Å². The van der Waals surface area contributed by atoms with E-state index >= 15 is 0 Å². The summed E-state index contributed by atoms with van der Waals surface area (Å²) in [6, 6.07) is 0. The van der Waals surface area contributed by atoms with Gasteiger partial charge < -0.3 is 9.64 Å². The zero-order valence-corrected chi connectivity index (χ0v) is 29.2. The van der Waals surface area contributed by atoms with Gasteiger partial charge in [0.2, 0.25) is 0 Å². The Kier molecular flexibility index (Phi) is 15.0. The van der Waals surface area contributed by atoms with Gasteiger partial charge in [-0.15, -0.1) is 0 Å². The Bertz CT molecular complexity index is 1130. The van der Waals surface area contributed by atoms with Crippen molar-refractivity contribution in [1.29, 1.82) is 0 Å². The lowest BCUT2D eigenvalue weighted by atomic mass is 9.82. The highest BCUT2D eigenvalue weighted by molar-refractivity contribution is 6.05. The molecule has 0 saturated heterocycles. The van der Waals surface area contributed by atoms with Gasteiger partial charge in [-0.2, -0.15) is 0 Å². The van der Waals surface area contributed by atoms with Gasteiger partial charge in [-0.3, -0.25) is 4.99 Å². The quantitative estimate of drug-likeness (QED) is 0.158. The van der Waals surface area contributed by atoms with E-state index < -0.39 is 5.60 Å². The molecule has 1 saturated carbocycles. The van der Waals surface area contributed by atoms with Crippen molar-refractivity contribution in [2.75, 3.05) is 20.1 Å². The highest BCUT2D eigenvalue weighted by Crippen LogP contribution is 2.37. The van der Waals surface area contributed by atoms with Crippen LogP contribution < -0.4 is 0 Å². The summed E-state index contributed by atoms with van der Waals surface area (Å²) >= 11 is 0. The summed E-state index contributed by atoms with van der Waals surface area (Å²) in [5.74, 6) is 1.04. The maximum atomic E-state index is 13.0. The van der Waals surface area contributed by atoms with E-state index in [0.29, 0.717) is 24.9 Å². The molecule has 0 aliphatic heterocycles. The number of aliphatic imine (C=N–C) groups is 1. The van der Waals surface area contributed by atoms with Gasteiger partial charge in [-0.05, 0) is 127 Å². The summed E-state index contributed by atoms with van der Waals surface area (Å²) in [6.07, 6.45) is 19.9. The van der Waals surface area contributed by atoms with Gasteiger partial charge in [0.25, 0.3) is 0 Å². The lowest BCUT2D eigenvalue weighted by Gasteiger charge is -2.29. The summed E-state index contributed by atoms with van der Waals surface area (Å²) in [4.78, 5) is 19.6. The molecule has 0 atom stereocenters. The largest absolute Gasteiger partial charge is 0.444 e. The van der Waals surface area contributed by atoms with E-state index in [0.717, 1.165) is 48.1 Å². The molecule has 1 fully saturated rings. The lowest BCUT2D eigenvalue weighted by Crippen LogP contribution is -2.39. The van der Waals surface area contributed by atoms with Crippen molar-refractivity contribution in [3.05, 3.63) is 70.4 Å². The second kappa shape index (κ2) is 17.6. The van der Waals surface area contributed by atoms with Gasteiger partial charge >= 0.3 is 6.09 Å². The Balaban J connectivity index is 2.51. The molecule has 2 aliphatic carbocycles. The summed E-state index contributed by atoms with van der Waals surface area (Å²) in [5.41, 5.74) is 8.88. The first-order valence-electron chi connectivity index (χ1n) is 16.8. The average molecular weight is 591 g/mol. The summed E-state index contributed by atoms with van der Waals surface area (Å²) in [7, 11) is 1.89. The molecular formula is C39H62N2O2. The van der Waals surface area contributed by atoms with Gasteiger partial charge in [0.1, 0.15) is 5.60 Å². The van der Waals surface area contributed by atoms with Crippen molar-refractivity contribution >= 4 is 11.8 Å². The van der Waals surface area contributed by atoms with Crippen LogP contribution in [0, 0.1) is 11.8 Å². The van der Waals surface area contributed by atoms with Crippen LogP contribution in [0.25, 0.3) is 0 Å². The van der Waals surface area contributed by atoms with Crippen LogP contribution in [0.5, 0.6) is 0 Å². The maximum absolute atomic E-state index is 13.0. The second-order valence-electron chi connectivity index (χ2n) is 14.2. The first-order valence-corrected chi connectivity index (χ1v) is 16.8. The van der Waals surface area contributed by atoms with Crippen LogP contribution in [0.1, 0.15) is 126 Å². The molecule has 0 bridgehead atoms. The SMILES string of the molecule is C=C(C)/C(C(=C)CCCN(CC(C)C)C(=O)OC(C)(C)C)=C(C(C)=NC)/C(=C\C(C)=C/C1CCCC1)C1=CCCCCC1. The van der Waals surface area contributed by atoms with E-state index in [9.17, 15) is 4.79 Å². The van der Waals surface area contributed by atoms with Crippen LogP contribution in [0.3, 0.4) is 0 Å². The van der Waals surface area contributed by atoms with Gasteiger partial charge in [0.15, 0.2) is 0 Å². The van der Waals surface area contributed by atoms with E-state index in [1.54, 1.807) is 0 Å². The van der Waals surface area contributed by atoms with E-state index in [-0.39, 0.29) is 6.09 Å². The highest BCUT2D eigenvalue weighted by Gasteiger charge is 2.24. The van der Waals surface area contributed by atoms with Crippen molar-refractivity contribution in [3.63, 3.8) is 0 Å². The van der Waals surface area contributed by atoms with Gasteiger partial charge in [-0.25, -0.2) is 4.79 Å². The molecule has 0 unspecified atom stereocenters. The van der Waals surface area contributed by atoms with Gasteiger partial charge in [-0.1, -0.05) is 75.6 Å². The zero-order chi connectivity index (χ0) is 32.2. The number of amides is 1. The van der Waals surface area contributed by atoms with Crippen molar-refractivity contribution < 1.29 is 9.53 Å². The third-order valence-electron chi connectivity index (χ3n) is 8.30. The molecule has 2 rings (SSSR count). The van der Waals surface area contributed by atoms with Crippen LogP contribution >= 0.6 is 0 Å². The first kappa shape index (κ1) is 36.6. The number of hydrogen-bond donors (Lipinski definition) is 0. The number of carbonyl (C=O) groups is 1. The molecule has 0 heterocycles. The van der Waals surface area contributed by atoms with Gasteiger partial charge in [0.05, 0.1) is 0 Å². The van der Waals surface area contributed by atoms with Crippen LogP contribution in [-0.2, 0) is 4.74 Å². The topological polar surface area (TPSA) is 41.9 Å². The summed E-state index contributed by atoms with van der Waals surface area (Å²) in [6.45, 7) is 26.9. The van der Waals surface area contributed by atoms with Crippen LogP contribution in [0.4, 0.5) is 4.79 Å². The molecule has 4 heteroatoms. The van der Waals surface area contributed by atoms with Crippen molar-refractivity contribution in [3.8, 4) is 0 Å². The zero-order valence-electron chi connectivity index (χ0n) is 29.2. The Morgan fingerprint density at radius 1 is 1.07 bits per heavy atom. The summed E-state index contributed by atoms with van der Waals surface area (Å²) in [5, 5.41) is 0. The number of hydrogen-bond acceptors (Lipinski definition) is 3. The molecule has 240 valence electrons. The minimum atomic E-state index is -0.516. The van der Waals surface area contributed by atoms with E-state index in [1.807, 2.05) is 32.7 Å². The lowest BCUT2D eigenvalue weighted by molar-refractivity contribution is 0.0226. The Morgan fingerprint density at radius 2 is 1.74 bits per heavy atom. The molecule has 4 nitrogen and oxygen atoms in total. The number of nitrogens with zero attached hydrogens (tertiary/aromatic N) is 2. The third kappa shape index (κ3) is 12.5. The predicted molar refractivity (Wildman–Crippen MR) is 187 cm³/mol. The molecule has 0 radical (unpaired) electrons. The van der Waals surface area contributed by atoms with Crippen molar-refractivity contribution in [1.82, 2.24) is 4.90 Å². The third-order valence-corrected chi connectivity index (χ3v) is 8.30. The molecule has 1 amide bonds. The maximum Gasteiger partial charge on any atom is 0.410 e. The van der Waals surface area contributed by atoms with Crippen LogP contribution in [0.15, 0.2) is 75.4 Å². The fraction of sp³-hybridized carbons (Fsp3) is 0.641. The molecule has 0 N–H and O–H groups in total. The predicted octanol–water partition coefficient (Wildman–Crippen LogP) is 11.1. The molecule has 0 aromatic carbocycles. The van der Waals surface area contributed by atoms with E-state index in [1.165, 1.54) is 67.2 Å². The van der Waals surface area contributed by atoms with Crippen LogP contribution in [-0.4, -0.2) is 42.4 Å². The van der Waals surface area contributed by atoms with Crippen molar-refractivity contribution in [2.45, 2.75) is 132 Å². The number of allylic oxidation sites excluding steroid dienone is 10. The number of carbonyl (C=O) groups excluding carboxylic acids is 1. The fourth-order valence-corrected chi connectivity index (χ4v) is 6.30. The minimum Gasteiger partial charge on any atom is -0.444 e. The Morgan fingerprint density at radius 3 is 2.33 bits per heavy atom. The van der Waals surface area contributed by atoms with Gasteiger partial charge in [0, 0.05) is 31.4 Å². The number of rotatable bonds is 13. The smallest absolute Gasteiger partial charge is 0.410 e. The molecule has 2 aliphatic rings. The van der Waals surface area contributed by atoms with E-state index in [4.69, 9.17) is 9.73 Å². The first-order chi connectivity index (χ1) is 20.2. The Hall–Kier alpha value is -2.62. The fourth-order valence-electron chi connectivity index (χ4n) is 6.30. The normalized spacial score (nSPS) is 18.3. The van der Waals surface area contributed by atoms with Crippen LogP contribution in [0.2, 0.25) is 0 Å². The molecule has 0 aromatic heterocycles. The Labute approximate surface area is 264 Å². The molecule has 0 aromatic rings. The monoisotopic (exact) mass is 590 g/mol. The second-order valence-corrected chi connectivity index (χ2v) is 14.2. The summed E-state index contributed by atoms with van der Waals surface area (Å²) < 4.78 is 5.73. The highest BCUT2D eigenvalue weighted by atomic mass is 16.6. The molecule has 43 heavy (non-hydrogen) atoms.